The Hall–Kier alpha value is -1.62. The fourth-order valence-electron chi connectivity index (χ4n) is 2.72. The highest BCUT2D eigenvalue weighted by Gasteiger charge is 2.30. The van der Waals surface area contributed by atoms with Gasteiger partial charge in [-0.2, -0.15) is 0 Å². The van der Waals surface area contributed by atoms with Crippen molar-refractivity contribution in [1.29, 1.82) is 0 Å². The summed E-state index contributed by atoms with van der Waals surface area (Å²) in [6.45, 7) is 1.98. The highest BCUT2D eigenvalue weighted by molar-refractivity contribution is 5.74. The fraction of sp³-hybridized carbons (Fsp3) is 0.562. The number of hydrogen-bond donors (Lipinski definition) is 2. The van der Waals surface area contributed by atoms with E-state index in [1.165, 1.54) is 13.2 Å². The number of benzene rings is 1. The molecule has 1 aromatic carbocycles. The Morgan fingerprint density at radius 1 is 1.38 bits per heavy atom. The van der Waals surface area contributed by atoms with Gasteiger partial charge in [0, 0.05) is 18.7 Å². The minimum atomic E-state index is -0.891. The average molecular weight is 294 g/mol. The van der Waals surface area contributed by atoms with Gasteiger partial charge >= 0.3 is 6.03 Å². The highest BCUT2D eigenvalue weighted by Crippen LogP contribution is 2.26. The van der Waals surface area contributed by atoms with Crippen LogP contribution in [0, 0.1) is 5.82 Å². The molecular formula is C16H23FN2O2. The van der Waals surface area contributed by atoms with Crippen LogP contribution in [0.4, 0.5) is 9.18 Å². The quantitative estimate of drug-likeness (QED) is 0.877. The molecule has 0 aromatic heterocycles. The smallest absolute Gasteiger partial charge is 0.315 e. The largest absolute Gasteiger partial charge is 0.372 e. The summed E-state index contributed by atoms with van der Waals surface area (Å²) in [6, 6.07) is 6.50. The molecule has 1 saturated carbocycles. The molecular weight excluding hydrogens is 271 g/mol. The van der Waals surface area contributed by atoms with Crippen LogP contribution in [0.1, 0.15) is 38.2 Å². The van der Waals surface area contributed by atoms with Crippen LogP contribution in [0.3, 0.4) is 0 Å². The zero-order valence-electron chi connectivity index (χ0n) is 12.6. The van der Waals surface area contributed by atoms with Crippen LogP contribution in [-0.2, 0) is 10.3 Å². The Morgan fingerprint density at radius 2 is 2.05 bits per heavy atom. The van der Waals surface area contributed by atoms with E-state index in [0.29, 0.717) is 5.56 Å². The van der Waals surface area contributed by atoms with Crippen molar-refractivity contribution in [1.82, 2.24) is 10.6 Å². The van der Waals surface area contributed by atoms with Crippen molar-refractivity contribution in [2.45, 2.75) is 44.2 Å². The SMILES string of the molecule is COC(C)(CNC(=O)NC1CCCC1)c1ccccc1F. The van der Waals surface area contributed by atoms with Crippen LogP contribution in [0.15, 0.2) is 24.3 Å². The maximum Gasteiger partial charge on any atom is 0.315 e. The molecule has 5 heteroatoms. The maximum atomic E-state index is 13.9. The van der Waals surface area contributed by atoms with Gasteiger partial charge in [-0.15, -0.1) is 0 Å². The van der Waals surface area contributed by atoms with E-state index in [4.69, 9.17) is 4.74 Å². The lowest BCUT2D eigenvalue weighted by atomic mass is 9.95. The zero-order valence-corrected chi connectivity index (χ0v) is 12.6. The Labute approximate surface area is 125 Å². The van der Waals surface area contributed by atoms with Gasteiger partial charge in [-0.1, -0.05) is 31.0 Å². The van der Waals surface area contributed by atoms with E-state index >= 15 is 0 Å². The molecule has 0 radical (unpaired) electrons. The molecule has 21 heavy (non-hydrogen) atoms. The number of rotatable bonds is 5. The molecule has 2 rings (SSSR count). The first kappa shape index (κ1) is 15.8. The second kappa shape index (κ2) is 6.89. The summed E-state index contributed by atoms with van der Waals surface area (Å²) in [5.41, 5.74) is -0.452. The molecule has 0 saturated heterocycles. The molecule has 0 heterocycles. The van der Waals surface area contributed by atoms with E-state index in [0.717, 1.165) is 25.7 Å². The molecule has 1 aromatic rings. The van der Waals surface area contributed by atoms with Crippen molar-refractivity contribution >= 4 is 6.03 Å². The van der Waals surface area contributed by atoms with Crippen LogP contribution < -0.4 is 10.6 Å². The van der Waals surface area contributed by atoms with Gasteiger partial charge in [0.05, 0.1) is 6.54 Å². The fourth-order valence-corrected chi connectivity index (χ4v) is 2.72. The molecule has 1 unspecified atom stereocenters. The minimum Gasteiger partial charge on any atom is -0.372 e. The van der Waals surface area contributed by atoms with Gasteiger partial charge in [-0.05, 0) is 25.8 Å². The van der Waals surface area contributed by atoms with Crippen LogP contribution in [0.2, 0.25) is 0 Å². The maximum absolute atomic E-state index is 13.9. The van der Waals surface area contributed by atoms with E-state index in [-0.39, 0.29) is 24.4 Å². The van der Waals surface area contributed by atoms with Crippen molar-refractivity contribution in [3.63, 3.8) is 0 Å². The van der Waals surface area contributed by atoms with Crippen LogP contribution in [-0.4, -0.2) is 25.7 Å². The number of halogens is 1. The number of urea groups is 1. The van der Waals surface area contributed by atoms with E-state index in [1.54, 1.807) is 25.1 Å². The number of carbonyl (C=O) groups is 1. The Bertz CT molecular complexity index is 489. The molecule has 1 aliphatic carbocycles. The monoisotopic (exact) mass is 294 g/mol. The topological polar surface area (TPSA) is 50.4 Å². The lowest BCUT2D eigenvalue weighted by Crippen LogP contribution is -2.47. The Kier molecular flexibility index (Phi) is 5.17. The number of amides is 2. The number of ether oxygens (including phenoxy) is 1. The summed E-state index contributed by atoms with van der Waals surface area (Å²) in [6.07, 6.45) is 4.39. The zero-order chi connectivity index (χ0) is 15.3. The van der Waals surface area contributed by atoms with Gasteiger partial charge in [-0.25, -0.2) is 9.18 Å². The summed E-state index contributed by atoms with van der Waals surface area (Å²) in [5, 5.41) is 5.73. The molecule has 1 aliphatic rings. The van der Waals surface area contributed by atoms with Crippen LogP contribution in [0.25, 0.3) is 0 Å². The first-order valence-corrected chi connectivity index (χ1v) is 7.40. The molecule has 4 nitrogen and oxygen atoms in total. The van der Waals surface area contributed by atoms with Gasteiger partial charge in [0.1, 0.15) is 11.4 Å². The molecule has 1 atom stereocenters. The molecule has 0 spiro atoms. The van der Waals surface area contributed by atoms with Crippen molar-refractivity contribution in [3.05, 3.63) is 35.6 Å². The number of nitrogens with one attached hydrogen (secondary N) is 2. The number of methoxy groups -OCH3 is 1. The van der Waals surface area contributed by atoms with E-state index in [1.807, 2.05) is 0 Å². The Morgan fingerprint density at radius 3 is 2.67 bits per heavy atom. The lowest BCUT2D eigenvalue weighted by Gasteiger charge is -2.29. The summed E-state index contributed by atoms with van der Waals surface area (Å²) in [5.74, 6) is -0.333. The van der Waals surface area contributed by atoms with Crippen molar-refractivity contribution < 1.29 is 13.9 Å². The van der Waals surface area contributed by atoms with E-state index < -0.39 is 5.60 Å². The summed E-state index contributed by atoms with van der Waals surface area (Å²) in [4.78, 5) is 11.9. The minimum absolute atomic E-state index is 0.211. The second-order valence-electron chi connectivity index (χ2n) is 5.72. The van der Waals surface area contributed by atoms with Gasteiger partial charge in [0.25, 0.3) is 0 Å². The number of hydrogen-bond acceptors (Lipinski definition) is 2. The van der Waals surface area contributed by atoms with Crippen molar-refractivity contribution in [2.24, 2.45) is 0 Å². The van der Waals surface area contributed by atoms with Crippen molar-refractivity contribution in [2.75, 3.05) is 13.7 Å². The van der Waals surface area contributed by atoms with E-state index in [9.17, 15) is 9.18 Å². The van der Waals surface area contributed by atoms with Gasteiger partial charge in [0.15, 0.2) is 0 Å². The predicted octanol–water partition coefficient (Wildman–Crippen LogP) is 2.93. The first-order valence-electron chi connectivity index (χ1n) is 7.40. The third kappa shape index (κ3) is 3.94. The van der Waals surface area contributed by atoms with E-state index in [2.05, 4.69) is 10.6 Å². The third-order valence-electron chi connectivity index (χ3n) is 4.17. The van der Waals surface area contributed by atoms with Gasteiger partial charge < -0.3 is 15.4 Å². The normalized spacial score (nSPS) is 18.2. The molecule has 1 fully saturated rings. The van der Waals surface area contributed by atoms with Crippen LogP contribution in [0.5, 0.6) is 0 Å². The third-order valence-corrected chi connectivity index (χ3v) is 4.17. The van der Waals surface area contributed by atoms with Gasteiger partial charge in [-0.3, -0.25) is 0 Å². The summed E-state index contributed by atoms with van der Waals surface area (Å²) >= 11 is 0. The standard InChI is InChI=1S/C16H23FN2O2/c1-16(21-2,13-9-5-6-10-14(13)17)11-18-15(20)19-12-7-3-4-8-12/h5-6,9-10,12H,3-4,7-8,11H2,1-2H3,(H2,18,19,20). The van der Waals surface area contributed by atoms with Gasteiger partial charge in [0.2, 0.25) is 0 Å². The van der Waals surface area contributed by atoms with Crippen molar-refractivity contribution in [3.8, 4) is 0 Å². The average Bonchev–Trinajstić information content (AvgIpc) is 2.98. The second-order valence-corrected chi connectivity index (χ2v) is 5.72. The highest BCUT2D eigenvalue weighted by atomic mass is 19.1. The molecule has 2 N–H and O–H groups in total. The molecule has 0 bridgehead atoms. The number of carbonyl (C=O) groups excluding carboxylic acids is 1. The summed E-state index contributed by atoms with van der Waals surface area (Å²) in [7, 11) is 1.52. The molecule has 116 valence electrons. The summed E-state index contributed by atoms with van der Waals surface area (Å²) < 4.78 is 19.4. The predicted molar refractivity (Wildman–Crippen MR) is 79.6 cm³/mol. The molecule has 0 aliphatic heterocycles. The first-order chi connectivity index (χ1) is 10.0. The molecule has 2 amide bonds. The van der Waals surface area contributed by atoms with Crippen LogP contribution >= 0.6 is 0 Å². The Balaban J connectivity index is 1.95. The lowest BCUT2D eigenvalue weighted by molar-refractivity contribution is 0.00197.